The fourth-order valence-electron chi connectivity index (χ4n) is 20.7. The highest BCUT2D eigenvalue weighted by atomic mass is 32.2. The van der Waals surface area contributed by atoms with Crippen LogP contribution in [0.2, 0.25) is 0 Å². The van der Waals surface area contributed by atoms with E-state index in [-0.39, 0.29) is 194 Å². The number of imide groups is 2. The number of thioether (sulfide) groups is 2. The van der Waals surface area contributed by atoms with Crippen LogP contribution in [0.3, 0.4) is 0 Å². The zero-order valence-electron chi connectivity index (χ0n) is 94.3. The van der Waals surface area contributed by atoms with Crippen LogP contribution in [0.5, 0.6) is 0 Å². The summed E-state index contributed by atoms with van der Waals surface area (Å²) in [5, 5.41) is 24.7. The molecule has 0 spiro atoms. The van der Waals surface area contributed by atoms with Gasteiger partial charge in [0.15, 0.2) is 11.6 Å². The van der Waals surface area contributed by atoms with Crippen molar-refractivity contribution in [2.24, 2.45) is 59.2 Å². The van der Waals surface area contributed by atoms with Crippen LogP contribution in [-0.2, 0) is 109 Å². The number of aliphatic carboxylic acids is 2. The third-order valence-corrected chi connectivity index (χ3v) is 32.9. The van der Waals surface area contributed by atoms with E-state index in [0.29, 0.717) is 77.3 Å². The Morgan fingerprint density at radius 1 is 0.443 bits per heavy atom. The number of hydrogen-bond acceptors (Lipinski definition) is 23. The molecule has 2 aromatic carbocycles. The van der Waals surface area contributed by atoms with Crippen molar-refractivity contribution >= 4 is 131 Å². The molecule has 4 aliphatic rings. The van der Waals surface area contributed by atoms with E-state index in [1.807, 2.05) is 95.2 Å². The summed E-state index contributed by atoms with van der Waals surface area (Å²) >= 11 is 7.10. The zero-order chi connectivity index (χ0) is 112. The van der Waals surface area contributed by atoms with E-state index in [9.17, 15) is 86.9 Å². The molecule has 0 bridgehead atoms. The van der Waals surface area contributed by atoms with Gasteiger partial charge in [0.2, 0.25) is 70.9 Å². The minimum absolute atomic E-state index is 0.0902. The molecule has 2 aromatic rings. The maximum Gasteiger partial charge on any atom is 0.326 e. The number of carboxylic acids is 2. The molecule has 4 fully saturated rings. The van der Waals surface area contributed by atoms with E-state index in [4.69, 9.17) is 18.9 Å². The Kier molecular flexibility index (Phi) is 60.1. The van der Waals surface area contributed by atoms with Gasteiger partial charge in [-0.2, -0.15) is 12.6 Å². The van der Waals surface area contributed by atoms with Crippen molar-refractivity contribution in [3.05, 3.63) is 96.1 Å². The molecular formula is C114H184N10O22S3. The highest BCUT2D eigenvalue weighted by Gasteiger charge is 2.50. The molecule has 32 nitrogen and oxygen atoms in total. The maximum absolute atomic E-state index is 14.7. The molecule has 35 heteroatoms. The Labute approximate surface area is 904 Å². The lowest BCUT2D eigenvalue weighted by molar-refractivity contribution is -0.150. The van der Waals surface area contributed by atoms with Gasteiger partial charge in [0, 0.05) is 146 Å². The normalized spacial score (nSPS) is 19.1. The average Bonchev–Trinajstić information content (AvgIpc) is 1.28. The van der Waals surface area contributed by atoms with Crippen LogP contribution < -0.4 is 10.6 Å². The minimum Gasteiger partial charge on any atom is -0.480 e. The van der Waals surface area contributed by atoms with Crippen LogP contribution in [0.1, 0.15) is 283 Å². The summed E-state index contributed by atoms with van der Waals surface area (Å²) in [6, 6.07) is 11.8. The molecule has 149 heavy (non-hydrogen) atoms. The number of amides is 12. The predicted molar refractivity (Wildman–Crippen MR) is 590 cm³/mol. The smallest absolute Gasteiger partial charge is 0.326 e. The Morgan fingerprint density at radius 3 is 1.05 bits per heavy atom. The first-order valence-electron chi connectivity index (χ1n) is 54.3. The number of nitrogens with zero attached hydrogens (tertiary/aromatic N) is 8. The van der Waals surface area contributed by atoms with Crippen LogP contribution in [0.25, 0.3) is 0 Å². The van der Waals surface area contributed by atoms with Crippen molar-refractivity contribution in [1.29, 1.82) is 0 Å². The molecule has 0 aromatic heterocycles. The Morgan fingerprint density at radius 2 is 0.779 bits per heavy atom. The predicted octanol–water partition coefficient (Wildman–Crippen LogP) is 15.4. The number of likely N-dealkylation sites (N-methyl/N-ethyl adjacent to an activating group) is 4. The van der Waals surface area contributed by atoms with Crippen LogP contribution >= 0.6 is 36.2 Å². The van der Waals surface area contributed by atoms with Crippen molar-refractivity contribution < 1.29 is 106 Å². The fraction of sp³-hybridized carbons (Fsp3) is 0.719. The molecule has 0 saturated carbocycles. The monoisotopic (exact) mass is 2140 g/mol. The molecule has 20 atom stereocenters. The summed E-state index contributed by atoms with van der Waals surface area (Å²) in [6.45, 7) is 42.2. The average molecular weight is 2140 g/mol. The molecule has 12 amide bonds. The summed E-state index contributed by atoms with van der Waals surface area (Å²) in [4.78, 5) is 229. The standard InChI is InChI=1S/2C55H87N5O11S.C4H10S/c2*1-14-16-27-72-45-32-48(64)59(54(45)67)26-22-18-21-25-46(62)57(10)49(35(5)6)43(61)30-40(34(3)4)53(66)58(11)50(37(8)15-2)44(70-12)31-47(63)60-33-36(7)28-42(60)51(71-13)38(9)52(65)56-41(55(68)69)29-39-23-19-17-20-24-39;1-2-3-4-5/h2*17,19-20,23-24,34-35,37-38,40-42,44-45,49-51H,7,14-16,18,21-22,25-33H2,1-6,8-13H3,(H,56,65)(H,68,69);5H,2-4H2,1H3/t2*37-,38+,40-,41-,42-,44+,45?,49-,50-,51+;/m00./s1. The molecule has 4 N–H and O–H groups in total. The van der Waals surface area contributed by atoms with Gasteiger partial charge in [-0.3, -0.25) is 76.9 Å². The third kappa shape index (κ3) is 40.2. The van der Waals surface area contributed by atoms with Crippen molar-refractivity contribution in [2.75, 3.05) is 100 Å². The highest BCUT2D eigenvalue weighted by Crippen LogP contribution is 2.38. The number of Topliss-reactive ketones (excluding diaryl/α,β-unsaturated/α-hetero) is 2. The Hall–Kier alpha value is -8.87. The number of ketones is 2. The van der Waals surface area contributed by atoms with Crippen LogP contribution in [0, 0.1) is 59.2 Å². The molecule has 4 aliphatic heterocycles. The second-order valence-electron chi connectivity index (χ2n) is 42.6. The highest BCUT2D eigenvalue weighted by molar-refractivity contribution is 8.00. The number of carboxylic acid groups (broad SMARTS) is 2. The Bertz CT molecular complexity index is 4340. The van der Waals surface area contributed by atoms with Gasteiger partial charge < -0.3 is 69.2 Å². The van der Waals surface area contributed by atoms with Crippen molar-refractivity contribution in [1.82, 2.24) is 49.8 Å². The first kappa shape index (κ1) is 132. The van der Waals surface area contributed by atoms with Crippen molar-refractivity contribution in [3.63, 3.8) is 0 Å². The summed E-state index contributed by atoms with van der Waals surface area (Å²) < 4.78 is 24.0. The number of nitrogens with one attached hydrogen (secondary N) is 2. The maximum atomic E-state index is 14.7. The van der Waals surface area contributed by atoms with E-state index >= 15 is 0 Å². The number of unbranched alkanes of at least 4 members (excludes halogenated alkanes) is 7. The van der Waals surface area contributed by atoms with Gasteiger partial charge in [-0.05, 0) is 122 Å². The van der Waals surface area contributed by atoms with E-state index < -0.39 is 120 Å². The van der Waals surface area contributed by atoms with Gasteiger partial charge in [0.25, 0.3) is 0 Å². The molecule has 2 unspecified atom stereocenters. The largest absolute Gasteiger partial charge is 0.480 e. The lowest BCUT2D eigenvalue weighted by Crippen LogP contribution is -2.55. The Balaban J connectivity index is 0.000000593. The number of benzene rings is 2. The topological polar surface area (TPSA) is 400 Å². The number of hydrogen-bond donors (Lipinski definition) is 5. The third-order valence-electron chi connectivity index (χ3n) is 30.0. The van der Waals surface area contributed by atoms with Gasteiger partial charge in [-0.15, -0.1) is 23.5 Å². The quantitative estimate of drug-likeness (QED) is 0.0178. The number of likely N-dealkylation sites (tertiary alicyclic amines) is 4. The minimum atomic E-state index is -1.18. The van der Waals surface area contributed by atoms with Crippen molar-refractivity contribution in [3.8, 4) is 0 Å². The lowest BCUT2D eigenvalue weighted by atomic mass is 9.83. The van der Waals surface area contributed by atoms with Gasteiger partial charge >= 0.3 is 11.9 Å². The molecule has 6 rings (SSSR count). The number of carbonyl (C=O) groups is 16. The number of methoxy groups -OCH3 is 4. The second kappa shape index (κ2) is 67.6. The number of ether oxygens (including phenoxy) is 4. The van der Waals surface area contributed by atoms with Crippen molar-refractivity contribution in [2.45, 2.75) is 368 Å². The van der Waals surface area contributed by atoms with Gasteiger partial charge in [0.1, 0.15) is 12.1 Å². The van der Waals surface area contributed by atoms with E-state index in [1.54, 1.807) is 134 Å². The second-order valence-corrected chi connectivity index (χ2v) is 45.6. The van der Waals surface area contributed by atoms with Gasteiger partial charge in [-0.1, -0.05) is 248 Å². The van der Waals surface area contributed by atoms with Crippen LogP contribution in [0.15, 0.2) is 85.0 Å². The summed E-state index contributed by atoms with van der Waals surface area (Å²) in [5.74, 6) is -7.50. The molecule has 4 saturated heterocycles. The van der Waals surface area contributed by atoms with Crippen LogP contribution in [0.4, 0.5) is 0 Å². The van der Waals surface area contributed by atoms with E-state index in [0.717, 1.165) is 65.2 Å². The number of carbonyl (C=O) groups excluding carboxylic acids is 14. The van der Waals surface area contributed by atoms with E-state index in [2.05, 4.69) is 57.2 Å². The molecule has 840 valence electrons. The molecule has 0 radical (unpaired) electrons. The molecule has 0 aliphatic carbocycles. The molecular weight excluding hydrogens is 1960 g/mol. The summed E-state index contributed by atoms with van der Waals surface area (Å²) in [7, 11) is 12.6. The van der Waals surface area contributed by atoms with Gasteiger partial charge in [-0.25, -0.2) is 9.59 Å². The number of rotatable bonds is 66. The van der Waals surface area contributed by atoms with Gasteiger partial charge in [0.05, 0.1) is 95.8 Å². The van der Waals surface area contributed by atoms with E-state index in [1.165, 1.54) is 60.9 Å². The number of thiol groups is 1. The summed E-state index contributed by atoms with van der Waals surface area (Å²) in [5.41, 5.74) is 3.04. The fourth-order valence-corrected chi connectivity index (χ4v) is 23.6. The molecule has 4 heterocycles. The first-order valence-corrected chi connectivity index (χ1v) is 57.0. The zero-order valence-corrected chi connectivity index (χ0v) is 96.8. The van der Waals surface area contributed by atoms with Crippen LogP contribution in [-0.4, -0.2) is 327 Å². The lowest BCUT2D eigenvalue weighted by Gasteiger charge is -2.41. The first-order chi connectivity index (χ1) is 70.5. The SMILES string of the molecule is C=C1C[C@@H]([C@H](OC)[C@@H](C)C(=O)N[C@@H](Cc2ccccc2)C(=O)O)N(C(=O)C[C@@H](OC)[C@H]([C@@H](C)CC)N(C)C(=O)[C@@H](CC(=O)[C@H](C(C)C)N(C)C(=O)CCCCCN2C(=O)CC(SCCCC)C2=O)C(C)C)C1.C=C1C[C@@H]([C@H](OC)[C@@H](C)C(=O)N[C@@H](Cc2ccccc2)C(=O)O)N(C(=O)C[C@@H](OC)[C@H]([C@@H](C)CC)N(C)C(=O)[C@@H](CC(=O)[C@H](C(C)C)N(C)C(=O)CCCCCN2C(=O)CC(SCCCC)C2=O)C(C)C)C1.CCCCS. The summed E-state index contributed by atoms with van der Waals surface area (Å²) in [6.07, 6.45) is 9.66.